The minimum absolute atomic E-state index is 0.0749. The Morgan fingerprint density at radius 1 is 1.14 bits per heavy atom. The van der Waals surface area contributed by atoms with E-state index in [2.05, 4.69) is 10.2 Å². The van der Waals surface area contributed by atoms with Crippen molar-refractivity contribution in [3.63, 3.8) is 0 Å². The van der Waals surface area contributed by atoms with E-state index in [0.29, 0.717) is 0 Å². The summed E-state index contributed by atoms with van der Waals surface area (Å²) in [6.45, 7) is 6.38. The van der Waals surface area contributed by atoms with Crippen molar-refractivity contribution in [2.45, 2.75) is 38.4 Å². The number of benzene rings is 1. The van der Waals surface area contributed by atoms with E-state index in [0.717, 1.165) is 37.2 Å². The van der Waals surface area contributed by atoms with E-state index >= 15 is 0 Å². The monoisotopic (exact) mass is 300 g/mol. The van der Waals surface area contributed by atoms with Gasteiger partial charge >= 0.3 is 6.18 Å². The van der Waals surface area contributed by atoms with Gasteiger partial charge in [0.05, 0.1) is 5.56 Å². The van der Waals surface area contributed by atoms with Crippen LogP contribution in [0.1, 0.15) is 43.4 Å². The molecule has 118 valence electrons. The first-order chi connectivity index (χ1) is 9.97. The fourth-order valence-corrected chi connectivity index (χ4v) is 2.71. The maximum atomic E-state index is 12.5. The molecule has 1 saturated heterocycles. The molecule has 0 spiro atoms. The third kappa shape index (κ3) is 5.00. The van der Waals surface area contributed by atoms with Crippen LogP contribution in [0.15, 0.2) is 24.3 Å². The molecule has 0 saturated carbocycles. The number of hydrogen-bond donors (Lipinski definition) is 1. The van der Waals surface area contributed by atoms with Gasteiger partial charge in [-0.25, -0.2) is 0 Å². The van der Waals surface area contributed by atoms with Gasteiger partial charge in [-0.1, -0.05) is 12.1 Å². The highest BCUT2D eigenvalue weighted by atomic mass is 19.4. The van der Waals surface area contributed by atoms with E-state index in [4.69, 9.17) is 0 Å². The van der Waals surface area contributed by atoms with Gasteiger partial charge in [-0.15, -0.1) is 0 Å². The van der Waals surface area contributed by atoms with E-state index in [1.807, 2.05) is 6.92 Å². The van der Waals surface area contributed by atoms with Crippen LogP contribution in [0.2, 0.25) is 0 Å². The molecular weight excluding hydrogens is 277 g/mol. The fourth-order valence-electron chi connectivity index (χ4n) is 2.71. The highest BCUT2D eigenvalue weighted by Crippen LogP contribution is 2.29. The Labute approximate surface area is 124 Å². The maximum absolute atomic E-state index is 12.5. The van der Waals surface area contributed by atoms with Gasteiger partial charge in [0.25, 0.3) is 0 Å². The van der Waals surface area contributed by atoms with Crippen LogP contribution in [0, 0.1) is 0 Å². The number of alkyl halides is 3. The minimum atomic E-state index is -4.26. The normalized spacial score (nSPS) is 18.1. The molecule has 1 fully saturated rings. The topological polar surface area (TPSA) is 15.3 Å². The third-order valence-corrected chi connectivity index (χ3v) is 4.04. The van der Waals surface area contributed by atoms with Gasteiger partial charge in [-0.05, 0) is 70.1 Å². The lowest BCUT2D eigenvalue weighted by atomic mass is 10.1. The zero-order chi connectivity index (χ0) is 15.3. The number of likely N-dealkylation sites (tertiary alicyclic amines) is 1. The van der Waals surface area contributed by atoms with Crippen molar-refractivity contribution in [1.82, 2.24) is 10.2 Å². The Morgan fingerprint density at radius 3 is 2.33 bits per heavy atom. The molecule has 0 bridgehead atoms. The number of rotatable bonds is 6. The number of nitrogens with one attached hydrogen (secondary N) is 1. The van der Waals surface area contributed by atoms with Crippen molar-refractivity contribution in [1.29, 1.82) is 0 Å². The van der Waals surface area contributed by atoms with Crippen molar-refractivity contribution in [3.05, 3.63) is 35.4 Å². The molecule has 1 aromatic rings. The van der Waals surface area contributed by atoms with Crippen LogP contribution in [0.25, 0.3) is 0 Å². The molecule has 0 aromatic heterocycles. The molecule has 0 radical (unpaired) electrons. The largest absolute Gasteiger partial charge is 0.416 e. The van der Waals surface area contributed by atoms with Crippen LogP contribution < -0.4 is 5.32 Å². The summed E-state index contributed by atoms with van der Waals surface area (Å²) < 4.78 is 37.5. The van der Waals surface area contributed by atoms with Crippen molar-refractivity contribution in [2.24, 2.45) is 0 Å². The van der Waals surface area contributed by atoms with Crippen molar-refractivity contribution in [3.8, 4) is 0 Å². The Kier molecular flexibility index (Phi) is 5.65. The van der Waals surface area contributed by atoms with E-state index < -0.39 is 11.7 Å². The van der Waals surface area contributed by atoms with E-state index in [1.165, 1.54) is 25.9 Å². The Bertz CT molecular complexity index is 422. The predicted octanol–water partition coefficient (Wildman–Crippen LogP) is 3.84. The minimum Gasteiger partial charge on any atom is -0.310 e. The molecule has 5 heteroatoms. The molecule has 0 amide bonds. The van der Waals surface area contributed by atoms with E-state index in [1.54, 1.807) is 12.1 Å². The summed E-state index contributed by atoms with van der Waals surface area (Å²) >= 11 is 0. The molecule has 21 heavy (non-hydrogen) atoms. The average molecular weight is 300 g/mol. The van der Waals surface area contributed by atoms with Crippen LogP contribution >= 0.6 is 0 Å². The van der Waals surface area contributed by atoms with Crippen LogP contribution in [-0.4, -0.2) is 31.1 Å². The van der Waals surface area contributed by atoms with Crippen LogP contribution in [0.5, 0.6) is 0 Å². The standard InChI is InChI=1S/C16H23F3N2/c1-13(20-9-4-12-21-10-2-3-11-21)14-5-7-15(8-6-14)16(17,18)19/h5-8,13,20H,2-4,9-12H2,1H3. The van der Waals surface area contributed by atoms with Crippen LogP contribution in [0.4, 0.5) is 13.2 Å². The first-order valence-electron chi connectivity index (χ1n) is 7.60. The van der Waals surface area contributed by atoms with Gasteiger partial charge in [0.1, 0.15) is 0 Å². The quantitative estimate of drug-likeness (QED) is 0.803. The molecule has 1 aliphatic heterocycles. The lowest BCUT2D eigenvalue weighted by Crippen LogP contribution is -2.26. The first-order valence-corrected chi connectivity index (χ1v) is 7.60. The Morgan fingerprint density at radius 2 is 1.76 bits per heavy atom. The molecule has 1 heterocycles. The maximum Gasteiger partial charge on any atom is 0.416 e. The molecule has 1 aliphatic rings. The second-order valence-electron chi connectivity index (χ2n) is 5.70. The van der Waals surface area contributed by atoms with Gasteiger partial charge in [0.2, 0.25) is 0 Å². The summed E-state index contributed by atoms with van der Waals surface area (Å²) in [4.78, 5) is 2.46. The highest BCUT2D eigenvalue weighted by Gasteiger charge is 2.30. The zero-order valence-corrected chi connectivity index (χ0v) is 12.4. The SMILES string of the molecule is CC(NCCCN1CCCC1)c1ccc(C(F)(F)F)cc1. The van der Waals surface area contributed by atoms with Crippen LogP contribution in [0.3, 0.4) is 0 Å². The third-order valence-electron chi connectivity index (χ3n) is 4.04. The predicted molar refractivity (Wildman–Crippen MR) is 78.2 cm³/mol. The van der Waals surface area contributed by atoms with Gasteiger partial charge in [-0.2, -0.15) is 13.2 Å². The summed E-state index contributed by atoms with van der Waals surface area (Å²) in [6.07, 6.45) is -0.583. The van der Waals surface area contributed by atoms with Gasteiger partial charge in [0.15, 0.2) is 0 Å². The van der Waals surface area contributed by atoms with Gasteiger partial charge < -0.3 is 10.2 Å². The van der Waals surface area contributed by atoms with E-state index in [-0.39, 0.29) is 6.04 Å². The summed E-state index contributed by atoms with van der Waals surface area (Å²) in [5.74, 6) is 0. The molecular formula is C16H23F3N2. The number of nitrogens with zero attached hydrogens (tertiary/aromatic N) is 1. The van der Waals surface area contributed by atoms with Gasteiger partial charge in [0, 0.05) is 6.04 Å². The summed E-state index contributed by atoms with van der Waals surface area (Å²) in [7, 11) is 0. The molecule has 1 atom stereocenters. The van der Waals surface area contributed by atoms with Crippen molar-refractivity contribution >= 4 is 0 Å². The number of halogens is 3. The van der Waals surface area contributed by atoms with Crippen molar-refractivity contribution in [2.75, 3.05) is 26.2 Å². The molecule has 1 unspecified atom stereocenters. The summed E-state index contributed by atoms with van der Waals surface area (Å²) in [5.41, 5.74) is 0.302. The van der Waals surface area contributed by atoms with E-state index in [9.17, 15) is 13.2 Å². The smallest absolute Gasteiger partial charge is 0.310 e. The molecule has 2 rings (SSSR count). The lowest BCUT2D eigenvalue weighted by molar-refractivity contribution is -0.137. The molecule has 0 aliphatic carbocycles. The van der Waals surface area contributed by atoms with Crippen LogP contribution in [-0.2, 0) is 6.18 Å². The highest BCUT2D eigenvalue weighted by molar-refractivity contribution is 5.26. The van der Waals surface area contributed by atoms with Gasteiger partial charge in [-0.3, -0.25) is 0 Å². The second-order valence-corrected chi connectivity index (χ2v) is 5.70. The Hall–Kier alpha value is -1.07. The fraction of sp³-hybridized carbons (Fsp3) is 0.625. The average Bonchev–Trinajstić information content (AvgIpc) is 2.96. The molecule has 1 N–H and O–H groups in total. The summed E-state index contributed by atoms with van der Waals surface area (Å²) in [5, 5.41) is 3.37. The zero-order valence-electron chi connectivity index (χ0n) is 12.4. The second kappa shape index (κ2) is 7.27. The molecule has 1 aromatic carbocycles. The van der Waals surface area contributed by atoms with Crippen molar-refractivity contribution < 1.29 is 13.2 Å². The summed E-state index contributed by atoms with van der Waals surface area (Å²) in [6, 6.07) is 5.49. The Balaban J connectivity index is 1.73. The first kappa shape index (κ1) is 16.3. The number of hydrogen-bond acceptors (Lipinski definition) is 2. The lowest BCUT2D eigenvalue weighted by Gasteiger charge is -2.18. The molecule has 2 nitrogen and oxygen atoms in total.